The molecule has 0 N–H and O–H groups in total. The Morgan fingerprint density at radius 1 is 0.667 bits per heavy atom. The van der Waals surface area contributed by atoms with Crippen molar-refractivity contribution in [2.75, 3.05) is 6.61 Å². The molecule has 0 bridgehead atoms. The monoisotopic (exact) mass is 444 g/mol. The van der Waals surface area contributed by atoms with Crippen LogP contribution in [0.4, 0.5) is 13.2 Å². The second kappa shape index (κ2) is 10.3. The minimum absolute atomic E-state index is 0.246. The Labute approximate surface area is 191 Å². The maximum Gasteiger partial charge on any atom is 0.159 e. The first kappa shape index (κ1) is 22.5. The molecule has 0 saturated heterocycles. The van der Waals surface area contributed by atoms with Crippen LogP contribution >= 0.6 is 0 Å². The second-order valence-electron chi connectivity index (χ2n) is 7.88. The van der Waals surface area contributed by atoms with E-state index in [-0.39, 0.29) is 5.82 Å². The normalized spacial score (nSPS) is 10.7. The zero-order valence-corrected chi connectivity index (χ0v) is 18.3. The number of fused-ring (bicyclic) bond motifs is 1. The van der Waals surface area contributed by atoms with Gasteiger partial charge >= 0.3 is 0 Å². The summed E-state index contributed by atoms with van der Waals surface area (Å²) in [6, 6.07) is 20.5. The molecule has 166 valence electrons. The van der Waals surface area contributed by atoms with Crippen molar-refractivity contribution < 1.29 is 17.9 Å². The molecule has 0 spiro atoms. The highest BCUT2D eigenvalue weighted by atomic mass is 19.2. The van der Waals surface area contributed by atoms with Crippen molar-refractivity contribution in [2.24, 2.45) is 0 Å². The lowest BCUT2D eigenvalue weighted by molar-refractivity contribution is 0.315. The van der Waals surface area contributed by atoms with E-state index < -0.39 is 11.6 Å². The van der Waals surface area contributed by atoms with Crippen LogP contribution in [0.5, 0.6) is 5.75 Å². The van der Waals surface area contributed by atoms with Gasteiger partial charge in [-0.05, 0) is 83.6 Å². The number of rotatable bonds is 6. The smallest absolute Gasteiger partial charge is 0.159 e. The molecule has 0 saturated carbocycles. The first-order chi connectivity index (χ1) is 16.0. The van der Waals surface area contributed by atoms with E-state index in [2.05, 4.69) is 11.8 Å². The average Bonchev–Trinajstić information content (AvgIpc) is 2.82. The molecule has 0 aliphatic heterocycles. The zero-order valence-electron chi connectivity index (χ0n) is 18.3. The van der Waals surface area contributed by atoms with Gasteiger partial charge in [0.1, 0.15) is 11.6 Å². The molecule has 4 aromatic carbocycles. The quantitative estimate of drug-likeness (QED) is 0.285. The van der Waals surface area contributed by atoms with Gasteiger partial charge in [0.15, 0.2) is 11.6 Å². The van der Waals surface area contributed by atoms with Crippen LogP contribution in [0.2, 0.25) is 0 Å². The first-order valence-electron chi connectivity index (χ1n) is 10.9. The van der Waals surface area contributed by atoms with Gasteiger partial charge in [0.25, 0.3) is 0 Å². The van der Waals surface area contributed by atoms with Crippen LogP contribution in [0, 0.1) is 29.3 Å². The molecule has 0 aromatic heterocycles. The van der Waals surface area contributed by atoms with Gasteiger partial charge in [-0.1, -0.05) is 43.0 Å². The summed E-state index contributed by atoms with van der Waals surface area (Å²) in [5.41, 5.74) is 3.32. The predicted octanol–water partition coefficient (Wildman–Crippen LogP) is 7.23. The lowest BCUT2D eigenvalue weighted by atomic mass is 10.0. The van der Waals surface area contributed by atoms with Crippen LogP contribution in [0.25, 0.3) is 10.8 Å². The predicted molar refractivity (Wildman–Crippen MR) is 126 cm³/mol. The maximum absolute atomic E-state index is 14.3. The van der Waals surface area contributed by atoms with E-state index in [4.69, 9.17) is 4.74 Å². The number of hydrogen-bond donors (Lipinski definition) is 0. The Balaban J connectivity index is 1.40. The largest absolute Gasteiger partial charge is 0.494 e. The summed E-state index contributed by atoms with van der Waals surface area (Å²) < 4.78 is 46.6. The van der Waals surface area contributed by atoms with E-state index in [0.29, 0.717) is 41.5 Å². The van der Waals surface area contributed by atoms with Crippen molar-refractivity contribution in [1.82, 2.24) is 0 Å². The van der Waals surface area contributed by atoms with E-state index in [1.54, 1.807) is 24.3 Å². The molecule has 0 amide bonds. The van der Waals surface area contributed by atoms with E-state index in [1.165, 1.54) is 18.2 Å². The number of benzene rings is 4. The Morgan fingerprint density at radius 2 is 1.36 bits per heavy atom. The van der Waals surface area contributed by atoms with Crippen LogP contribution in [-0.4, -0.2) is 6.61 Å². The molecule has 1 nitrogen and oxygen atoms in total. The van der Waals surface area contributed by atoms with Crippen LogP contribution in [0.3, 0.4) is 0 Å². The highest BCUT2D eigenvalue weighted by molar-refractivity contribution is 5.84. The van der Waals surface area contributed by atoms with Crippen molar-refractivity contribution in [3.8, 4) is 17.6 Å². The maximum atomic E-state index is 14.3. The molecular weight excluding hydrogens is 421 g/mol. The summed E-state index contributed by atoms with van der Waals surface area (Å²) >= 11 is 0. The fraction of sp³-hybridized carbons (Fsp3) is 0.172. The van der Waals surface area contributed by atoms with Crippen LogP contribution in [0.1, 0.15) is 35.6 Å². The van der Waals surface area contributed by atoms with Crippen molar-refractivity contribution in [1.29, 1.82) is 0 Å². The van der Waals surface area contributed by atoms with Gasteiger partial charge in [-0.2, -0.15) is 0 Å². The van der Waals surface area contributed by atoms with Gasteiger partial charge in [0, 0.05) is 17.2 Å². The van der Waals surface area contributed by atoms with Gasteiger partial charge in [-0.15, -0.1) is 0 Å². The summed E-state index contributed by atoms with van der Waals surface area (Å²) in [4.78, 5) is 0. The SMILES string of the molecule is CCCOc1ccc(CCc2ccc(C#Cc3ccc4cc(F)c(F)cc4c3)cc2)c(F)c1. The van der Waals surface area contributed by atoms with Crippen molar-refractivity contribution in [3.63, 3.8) is 0 Å². The van der Waals surface area contributed by atoms with Crippen molar-refractivity contribution >= 4 is 10.8 Å². The first-order valence-corrected chi connectivity index (χ1v) is 10.9. The average molecular weight is 444 g/mol. The molecule has 0 radical (unpaired) electrons. The number of ether oxygens (including phenoxy) is 1. The molecule has 0 aliphatic carbocycles. The molecule has 0 atom stereocenters. The summed E-state index contributed by atoms with van der Waals surface area (Å²) in [6.45, 7) is 2.59. The Kier molecular flexibility index (Phi) is 7.00. The lowest BCUT2D eigenvalue weighted by Crippen LogP contribution is -1.98. The highest BCUT2D eigenvalue weighted by Crippen LogP contribution is 2.20. The second-order valence-corrected chi connectivity index (χ2v) is 7.88. The molecule has 0 heterocycles. The molecule has 33 heavy (non-hydrogen) atoms. The van der Waals surface area contributed by atoms with E-state index >= 15 is 0 Å². The van der Waals surface area contributed by atoms with Gasteiger partial charge < -0.3 is 4.74 Å². The third-order valence-electron chi connectivity index (χ3n) is 5.36. The third-order valence-corrected chi connectivity index (χ3v) is 5.36. The summed E-state index contributed by atoms with van der Waals surface area (Å²) in [5.74, 6) is 4.74. The standard InChI is InChI=1S/C29H23F3O/c1-2-15-33-26-14-13-23(27(30)19-26)11-9-21-5-3-20(4-6-21)7-8-22-10-12-24-17-28(31)29(32)18-25(24)16-22/h3-6,10,12-14,16-19H,2,9,11,15H2,1H3. The van der Waals surface area contributed by atoms with Crippen LogP contribution in [0.15, 0.2) is 72.8 Å². The molecular formula is C29H23F3O. The van der Waals surface area contributed by atoms with Crippen LogP contribution in [-0.2, 0) is 12.8 Å². The van der Waals surface area contributed by atoms with Crippen molar-refractivity contribution in [2.45, 2.75) is 26.2 Å². The molecule has 4 heteroatoms. The molecule has 4 aromatic rings. The van der Waals surface area contributed by atoms with E-state index in [0.717, 1.165) is 23.1 Å². The fourth-order valence-corrected chi connectivity index (χ4v) is 3.54. The van der Waals surface area contributed by atoms with Gasteiger partial charge in [-0.25, -0.2) is 13.2 Å². The number of aryl methyl sites for hydroxylation is 2. The molecule has 0 aliphatic rings. The van der Waals surface area contributed by atoms with E-state index in [1.807, 2.05) is 37.3 Å². The Bertz CT molecular complexity index is 1330. The van der Waals surface area contributed by atoms with Crippen molar-refractivity contribution in [3.05, 3.63) is 113 Å². The topological polar surface area (TPSA) is 9.23 Å². The van der Waals surface area contributed by atoms with Crippen LogP contribution < -0.4 is 4.74 Å². The summed E-state index contributed by atoms with van der Waals surface area (Å²) in [6.07, 6.45) is 2.19. The molecule has 0 unspecified atom stereocenters. The Hall–Kier alpha value is -3.71. The highest BCUT2D eigenvalue weighted by Gasteiger charge is 2.06. The summed E-state index contributed by atoms with van der Waals surface area (Å²) in [5, 5.41) is 1.23. The third kappa shape index (κ3) is 5.75. The summed E-state index contributed by atoms with van der Waals surface area (Å²) in [7, 11) is 0. The van der Waals surface area contributed by atoms with Gasteiger partial charge in [-0.3, -0.25) is 0 Å². The number of halogens is 3. The number of hydrogen-bond acceptors (Lipinski definition) is 1. The van der Waals surface area contributed by atoms with E-state index in [9.17, 15) is 13.2 Å². The Morgan fingerprint density at radius 3 is 2.09 bits per heavy atom. The fourth-order valence-electron chi connectivity index (χ4n) is 3.54. The minimum atomic E-state index is -0.871. The lowest BCUT2D eigenvalue weighted by Gasteiger charge is -2.08. The van der Waals surface area contributed by atoms with Gasteiger partial charge in [0.05, 0.1) is 6.61 Å². The zero-order chi connectivity index (χ0) is 23.2. The molecule has 0 fully saturated rings. The molecule has 4 rings (SSSR count). The van der Waals surface area contributed by atoms with Gasteiger partial charge in [0.2, 0.25) is 0 Å². The minimum Gasteiger partial charge on any atom is -0.494 e.